The van der Waals surface area contributed by atoms with Gasteiger partial charge in [0, 0.05) is 35.8 Å². The summed E-state index contributed by atoms with van der Waals surface area (Å²) in [5.74, 6) is -2.59. The molecule has 8 nitrogen and oxygen atoms in total. The summed E-state index contributed by atoms with van der Waals surface area (Å²) in [5.41, 5.74) is 1.40. The van der Waals surface area contributed by atoms with Crippen molar-refractivity contribution in [3.8, 4) is 0 Å². The van der Waals surface area contributed by atoms with Gasteiger partial charge in [-0.3, -0.25) is 9.80 Å². The number of rotatable bonds is 1. The lowest BCUT2D eigenvalue weighted by molar-refractivity contribution is -0.190. The zero-order valence-corrected chi connectivity index (χ0v) is 18.6. The number of nitrogens with zero attached hydrogens (tertiary/aromatic N) is 4. The van der Waals surface area contributed by atoms with Gasteiger partial charge in [-0.1, -0.05) is 12.1 Å². The number of carbonyl (C=O) groups is 1. The van der Waals surface area contributed by atoms with Crippen LogP contribution in [0.15, 0.2) is 59.2 Å². The van der Waals surface area contributed by atoms with Crippen LogP contribution in [0.4, 0.5) is 8.78 Å². The molecule has 0 bridgehead atoms. The maximum Gasteiger partial charge on any atom is 0.277 e. The summed E-state index contributed by atoms with van der Waals surface area (Å²) < 4.78 is 35.0. The molecule has 2 aromatic rings. The topological polar surface area (TPSA) is 89.4 Å². The van der Waals surface area contributed by atoms with Gasteiger partial charge in [-0.05, 0) is 23.8 Å². The summed E-state index contributed by atoms with van der Waals surface area (Å²) in [4.78, 5) is 19.4. The third-order valence-electron chi connectivity index (χ3n) is 6.52. The van der Waals surface area contributed by atoms with Crippen LogP contribution >= 0.6 is 11.8 Å². The van der Waals surface area contributed by atoms with Crippen LogP contribution in [0.1, 0.15) is 22.7 Å². The van der Waals surface area contributed by atoms with E-state index in [0.29, 0.717) is 17.2 Å². The number of carbonyl (C=O) groups excluding carboxylic acids is 1. The highest BCUT2D eigenvalue weighted by Gasteiger charge is 2.50. The van der Waals surface area contributed by atoms with Crippen molar-refractivity contribution in [3.63, 3.8) is 0 Å². The summed E-state index contributed by atoms with van der Waals surface area (Å²) in [6.07, 6.45) is 2.59. The molecule has 0 saturated carbocycles. The average Bonchev–Trinajstić information content (AvgIpc) is 3.01. The van der Waals surface area contributed by atoms with Crippen LogP contribution in [0.5, 0.6) is 0 Å². The van der Waals surface area contributed by atoms with E-state index in [1.807, 2.05) is 11.1 Å². The zero-order valence-electron chi connectivity index (χ0n) is 17.8. The molecule has 1 aromatic carbocycles. The number of benzene rings is 1. The van der Waals surface area contributed by atoms with Gasteiger partial charge in [0.05, 0.1) is 19.3 Å². The van der Waals surface area contributed by atoms with E-state index in [2.05, 4.69) is 4.98 Å². The van der Waals surface area contributed by atoms with E-state index in [-0.39, 0.29) is 30.2 Å². The minimum absolute atomic E-state index is 0.0837. The Morgan fingerprint density at radius 1 is 1.21 bits per heavy atom. The van der Waals surface area contributed by atoms with E-state index >= 15 is 4.39 Å². The molecule has 0 spiro atoms. The molecule has 5 heterocycles. The first-order chi connectivity index (χ1) is 16.5. The van der Waals surface area contributed by atoms with Crippen molar-refractivity contribution in [2.24, 2.45) is 0 Å². The number of fused-ring (bicyclic) bond motifs is 4. The molecule has 2 fully saturated rings. The van der Waals surface area contributed by atoms with Gasteiger partial charge in [0.2, 0.25) is 0 Å². The second kappa shape index (κ2) is 8.05. The van der Waals surface area contributed by atoms with Gasteiger partial charge < -0.3 is 19.8 Å². The number of aromatic nitrogens is 1. The predicted octanol–water partition coefficient (Wildman–Crippen LogP) is 2.43. The van der Waals surface area contributed by atoms with Gasteiger partial charge in [-0.15, -0.1) is 11.8 Å². The standard InChI is InChI=1S/C23H20F2N4O4S/c24-15-4-3-12-14(18(15)25)11-34-22-13(2-1-6-26-22)19(12)29-17-10-33-9-8-27(17)23(32)20-21(31)16(30)5-7-28(20)29/h1-7,16-17,19,30-31H,8-11H2/t16?,17-,19+/m1/s1. The lowest BCUT2D eigenvalue weighted by Crippen LogP contribution is -2.68. The van der Waals surface area contributed by atoms with Gasteiger partial charge >= 0.3 is 0 Å². The number of thioether (sulfide) groups is 1. The van der Waals surface area contributed by atoms with Crippen molar-refractivity contribution in [1.29, 1.82) is 0 Å². The van der Waals surface area contributed by atoms with Gasteiger partial charge in [-0.25, -0.2) is 13.8 Å². The summed E-state index contributed by atoms with van der Waals surface area (Å²) in [7, 11) is 0. The Kier molecular flexibility index (Phi) is 5.10. The van der Waals surface area contributed by atoms with Gasteiger partial charge in [0.1, 0.15) is 17.3 Å². The number of morpholine rings is 1. The summed E-state index contributed by atoms with van der Waals surface area (Å²) in [6, 6.07) is 5.60. The molecular weight excluding hydrogens is 466 g/mol. The molecule has 6 rings (SSSR count). The van der Waals surface area contributed by atoms with Gasteiger partial charge in [0.15, 0.2) is 23.1 Å². The van der Waals surface area contributed by atoms with Crippen LogP contribution in [0, 0.1) is 11.6 Å². The average molecular weight is 487 g/mol. The third-order valence-corrected chi connectivity index (χ3v) is 7.57. The molecule has 3 atom stereocenters. The molecule has 1 unspecified atom stereocenters. The zero-order chi connectivity index (χ0) is 23.6. The normalized spacial score (nSPS) is 26.6. The number of hydrogen-bond donors (Lipinski definition) is 2. The molecular formula is C23H20F2N4O4S. The van der Waals surface area contributed by atoms with E-state index in [9.17, 15) is 19.4 Å². The number of amides is 1. The molecule has 0 radical (unpaired) electrons. The number of hydrazine groups is 1. The largest absolute Gasteiger partial charge is 0.507 e. The smallest absolute Gasteiger partial charge is 0.277 e. The van der Waals surface area contributed by atoms with E-state index in [1.165, 1.54) is 29.0 Å². The third kappa shape index (κ3) is 3.08. The molecule has 11 heteroatoms. The van der Waals surface area contributed by atoms with Crippen molar-refractivity contribution >= 4 is 17.7 Å². The minimum Gasteiger partial charge on any atom is -0.507 e. The maximum absolute atomic E-state index is 15.0. The molecule has 4 aliphatic heterocycles. The van der Waals surface area contributed by atoms with E-state index in [1.54, 1.807) is 23.2 Å². The van der Waals surface area contributed by atoms with Gasteiger partial charge in [-0.2, -0.15) is 5.01 Å². The van der Waals surface area contributed by atoms with Crippen molar-refractivity contribution < 1.29 is 28.5 Å². The fourth-order valence-corrected chi connectivity index (χ4v) is 6.00. The summed E-state index contributed by atoms with van der Waals surface area (Å²) in [6.45, 7) is 0.763. The lowest BCUT2D eigenvalue weighted by Gasteiger charge is -2.54. The number of halogens is 2. The first-order valence-electron chi connectivity index (χ1n) is 10.8. The van der Waals surface area contributed by atoms with Crippen molar-refractivity contribution in [1.82, 2.24) is 19.9 Å². The van der Waals surface area contributed by atoms with Crippen LogP contribution in [0.2, 0.25) is 0 Å². The number of aliphatic hydroxyl groups is 2. The first kappa shape index (κ1) is 21.5. The molecule has 2 saturated heterocycles. The maximum atomic E-state index is 15.0. The molecule has 0 aliphatic carbocycles. The molecule has 2 N–H and O–H groups in total. The van der Waals surface area contributed by atoms with E-state index in [0.717, 1.165) is 11.6 Å². The molecule has 176 valence electrons. The summed E-state index contributed by atoms with van der Waals surface area (Å²) in [5, 5.41) is 24.9. The van der Waals surface area contributed by atoms with Crippen LogP contribution in [0.3, 0.4) is 0 Å². The Bertz CT molecular complexity index is 1260. The van der Waals surface area contributed by atoms with E-state index < -0.39 is 41.6 Å². The number of pyridine rings is 1. The molecule has 1 aromatic heterocycles. The molecule has 34 heavy (non-hydrogen) atoms. The van der Waals surface area contributed by atoms with Crippen LogP contribution in [-0.2, 0) is 15.3 Å². The fourth-order valence-electron chi connectivity index (χ4n) is 4.94. The SMILES string of the molecule is O=C1C2=C(O)C(O)C=CN2N([C@@H]2c3cccnc3SCc3c2ccc(F)c3F)[C@@H]2COCCN12. The second-order valence-electron chi connectivity index (χ2n) is 8.32. The van der Waals surface area contributed by atoms with Crippen molar-refractivity contribution in [3.05, 3.63) is 82.5 Å². The molecule has 1 amide bonds. The van der Waals surface area contributed by atoms with Crippen molar-refractivity contribution in [2.45, 2.75) is 29.1 Å². The monoisotopic (exact) mass is 486 g/mol. The van der Waals surface area contributed by atoms with E-state index in [4.69, 9.17) is 4.74 Å². The minimum atomic E-state index is -1.33. The van der Waals surface area contributed by atoms with Crippen molar-refractivity contribution in [2.75, 3.05) is 19.8 Å². The van der Waals surface area contributed by atoms with Crippen LogP contribution in [-0.4, -0.2) is 68.1 Å². The lowest BCUT2D eigenvalue weighted by atomic mass is 9.93. The Morgan fingerprint density at radius 3 is 2.91 bits per heavy atom. The predicted molar refractivity (Wildman–Crippen MR) is 117 cm³/mol. The fraction of sp³-hybridized carbons (Fsp3) is 0.304. The number of ether oxygens (including phenoxy) is 1. The Labute approximate surface area is 197 Å². The quantitative estimate of drug-likeness (QED) is 0.636. The van der Waals surface area contributed by atoms with Crippen LogP contribution in [0.25, 0.3) is 0 Å². The second-order valence-corrected chi connectivity index (χ2v) is 9.28. The van der Waals surface area contributed by atoms with Crippen LogP contribution < -0.4 is 0 Å². The Morgan fingerprint density at radius 2 is 2.06 bits per heavy atom. The Balaban J connectivity index is 1.61. The Hall–Kier alpha value is -2.99. The first-order valence-corrected chi connectivity index (χ1v) is 11.8. The number of aliphatic hydroxyl groups excluding tert-OH is 2. The van der Waals surface area contributed by atoms with Gasteiger partial charge in [0.25, 0.3) is 5.91 Å². The highest BCUT2D eigenvalue weighted by Crippen LogP contribution is 2.46. The highest BCUT2D eigenvalue weighted by atomic mass is 32.2. The number of hydrogen-bond acceptors (Lipinski definition) is 8. The molecule has 4 aliphatic rings. The summed E-state index contributed by atoms with van der Waals surface area (Å²) >= 11 is 1.31. The highest BCUT2D eigenvalue weighted by molar-refractivity contribution is 7.98.